The Morgan fingerprint density at radius 3 is 2.18 bits per heavy atom. The third kappa shape index (κ3) is 7.75. The van der Waals surface area contributed by atoms with E-state index in [1.54, 1.807) is 31.2 Å². The van der Waals surface area contributed by atoms with Gasteiger partial charge in [0.15, 0.2) is 0 Å². The predicted octanol–water partition coefficient (Wildman–Crippen LogP) is 3.60. The van der Waals surface area contributed by atoms with Crippen LogP contribution in [0.1, 0.15) is 31.9 Å². The minimum absolute atomic E-state index is 0.162. The molecule has 0 bridgehead atoms. The van der Waals surface area contributed by atoms with E-state index in [0.29, 0.717) is 6.54 Å². The SMILES string of the molecule is Cc1ccc(CN(C(=O)CN(c2ccccc2Cl)S(C)(=O)=O)C(C)C(=O)NCC(C)C)cc1. The van der Waals surface area contributed by atoms with E-state index in [-0.39, 0.29) is 29.1 Å². The average Bonchev–Trinajstić information content (AvgIpc) is 2.74. The highest BCUT2D eigenvalue weighted by Gasteiger charge is 2.30. The summed E-state index contributed by atoms with van der Waals surface area (Å²) in [6.45, 7) is 7.72. The first-order chi connectivity index (χ1) is 15.4. The van der Waals surface area contributed by atoms with Crippen molar-refractivity contribution in [3.63, 3.8) is 0 Å². The molecule has 0 spiro atoms. The molecule has 0 radical (unpaired) electrons. The second-order valence-electron chi connectivity index (χ2n) is 8.54. The van der Waals surface area contributed by atoms with Gasteiger partial charge in [-0.25, -0.2) is 8.42 Å². The maximum Gasteiger partial charge on any atom is 0.244 e. The molecule has 1 atom stereocenters. The summed E-state index contributed by atoms with van der Waals surface area (Å²) in [7, 11) is -3.81. The first-order valence-electron chi connectivity index (χ1n) is 10.7. The molecule has 0 aliphatic rings. The van der Waals surface area contributed by atoms with Gasteiger partial charge in [0.1, 0.15) is 12.6 Å². The standard InChI is InChI=1S/C24H32ClN3O4S/c1-17(2)14-26-24(30)19(4)27(15-20-12-10-18(3)11-13-20)23(29)16-28(33(5,31)32)22-9-7-6-8-21(22)25/h6-13,17,19H,14-16H2,1-5H3,(H,26,30). The van der Waals surface area contributed by atoms with Crippen LogP contribution in [0.2, 0.25) is 5.02 Å². The first kappa shape index (κ1) is 26.7. The third-order valence-electron chi connectivity index (χ3n) is 5.13. The molecule has 180 valence electrons. The molecule has 1 N–H and O–H groups in total. The Labute approximate surface area is 201 Å². The van der Waals surface area contributed by atoms with Gasteiger partial charge in [-0.2, -0.15) is 0 Å². The maximum atomic E-state index is 13.4. The van der Waals surface area contributed by atoms with E-state index in [1.165, 1.54) is 4.90 Å². The number of carbonyl (C=O) groups is 2. The van der Waals surface area contributed by atoms with Crippen LogP contribution in [0.3, 0.4) is 0 Å². The molecule has 0 aliphatic heterocycles. The Kier molecular flexibility index (Phi) is 9.31. The number of nitrogens with one attached hydrogen (secondary N) is 1. The smallest absolute Gasteiger partial charge is 0.244 e. The van der Waals surface area contributed by atoms with Crippen LogP contribution in [0.5, 0.6) is 0 Å². The van der Waals surface area contributed by atoms with Crippen molar-refractivity contribution in [2.45, 2.75) is 40.3 Å². The number of rotatable bonds is 10. The molecule has 9 heteroatoms. The summed E-state index contributed by atoms with van der Waals surface area (Å²) in [4.78, 5) is 27.6. The van der Waals surface area contributed by atoms with Gasteiger partial charge < -0.3 is 10.2 Å². The molecular formula is C24H32ClN3O4S. The quantitative estimate of drug-likeness (QED) is 0.547. The number of sulfonamides is 1. The van der Waals surface area contributed by atoms with Gasteiger partial charge in [-0.05, 0) is 37.5 Å². The van der Waals surface area contributed by atoms with Gasteiger partial charge in [0.2, 0.25) is 21.8 Å². The van der Waals surface area contributed by atoms with Crippen molar-refractivity contribution in [1.29, 1.82) is 0 Å². The molecule has 7 nitrogen and oxygen atoms in total. The van der Waals surface area contributed by atoms with E-state index in [0.717, 1.165) is 21.7 Å². The van der Waals surface area contributed by atoms with Crippen LogP contribution in [0.15, 0.2) is 48.5 Å². The lowest BCUT2D eigenvalue weighted by molar-refractivity contribution is -0.139. The molecule has 2 rings (SSSR count). The zero-order valence-corrected chi connectivity index (χ0v) is 21.3. The van der Waals surface area contributed by atoms with Crippen molar-refractivity contribution in [3.05, 3.63) is 64.7 Å². The molecule has 0 heterocycles. The summed E-state index contributed by atoms with van der Waals surface area (Å²) in [5.74, 6) is -0.552. The second-order valence-corrected chi connectivity index (χ2v) is 10.9. The van der Waals surface area contributed by atoms with Crippen LogP contribution < -0.4 is 9.62 Å². The van der Waals surface area contributed by atoms with Gasteiger partial charge in [0.25, 0.3) is 0 Å². The summed E-state index contributed by atoms with van der Waals surface area (Å²) in [5, 5.41) is 3.06. The molecule has 2 aromatic rings. The number of amides is 2. The van der Waals surface area contributed by atoms with Crippen LogP contribution >= 0.6 is 11.6 Å². The van der Waals surface area contributed by atoms with Gasteiger partial charge in [0.05, 0.1) is 17.0 Å². The minimum atomic E-state index is -3.81. The molecule has 2 amide bonds. The van der Waals surface area contributed by atoms with Crippen molar-refractivity contribution in [3.8, 4) is 0 Å². The van der Waals surface area contributed by atoms with E-state index in [1.807, 2.05) is 45.0 Å². The van der Waals surface area contributed by atoms with Crippen LogP contribution in [-0.2, 0) is 26.2 Å². The van der Waals surface area contributed by atoms with Crippen LogP contribution in [0, 0.1) is 12.8 Å². The van der Waals surface area contributed by atoms with Crippen molar-refractivity contribution < 1.29 is 18.0 Å². The second kappa shape index (κ2) is 11.5. The van der Waals surface area contributed by atoms with Gasteiger partial charge in [-0.3, -0.25) is 13.9 Å². The molecule has 0 fully saturated rings. The van der Waals surface area contributed by atoms with Gasteiger partial charge in [-0.1, -0.05) is 67.4 Å². The van der Waals surface area contributed by atoms with E-state index < -0.39 is 28.5 Å². The largest absolute Gasteiger partial charge is 0.354 e. The van der Waals surface area contributed by atoms with Crippen LogP contribution in [0.25, 0.3) is 0 Å². The van der Waals surface area contributed by atoms with Crippen molar-refractivity contribution in [1.82, 2.24) is 10.2 Å². The lowest BCUT2D eigenvalue weighted by atomic mass is 10.1. The number of hydrogen-bond acceptors (Lipinski definition) is 4. The van der Waals surface area contributed by atoms with Gasteiger partial charge >= 0.3 is 0 Å². The Morgan fingerprint density at radius 1 is 1.03 bits per heavy atom. The zero-order chi connectivity index (χ0) is 24.8. The van der Waals surface area contributed by atoms with Crippen LogP contribution in [-0.4, -0.2) is 50.5 Å². The molecule has 1 unspecified atom stereocenters. The van der Waals surface area contributed by atoms with Gasteiger partial charge in [-0.15, -0.1) is 0 Å². The van der Waals surface area contributed by atoms with Crippen molar-refractivity contribution in [2.24, 2.45) is 5.92 Å². The van der Waals surface area contributed by atoms with Crippen molar-refractivity contribution >= 4 is 39.1 Å². The molecule has 33 heavy (non-hydrogen) atoms. The monoisotopic (exact) mass is 493 g/mol. The fraction of sp³-hybridized carbons (Fsp3) is 0.417. The fourth-order valence-corrected chi connectivity index (χ4v) is 4.32. The Morgan fingerprint density at radius 2 is 1.64 bits per heavy atom. The number of hydrogen-bond donors (Lipinski definition) is 1. The summed E-state index contributed by atoms with van der Waals surface area (Å²) >= 11 is 6.22. The van der Waals surface area contributed by atoms with Gasteiger partial charge in [0, 0.05) is 13.1 Å². The number of carbonyl (C=O) groups excluding carboxylic acids is 2. The molecular weight excluding hydrogens is 462 g/mol. The van der Waals surface area contributed by atoms with E-state index in [9.17, 15) is 18.0 Å². The Hall–Kier alpha value is -2.58. The van der Waals surface area contributed by atoms with E-state index in [4.69, 9.17) is 11.6 Å². The first-order valence-corrected chi connectivity index (χ1v) is 13.0. The summed E-state index contributed by atoms with van der Waals surface area (Å²) in [6, 6.07) is 13.3. The Bertz CT molecular complexity index is 1070. The number of aryl methyl sites for hydroxylation is 1. The number of nitrogens with zero attached hydrogens (tertiary/aromatic N) is 2. The number of halogens is 1. The molecule has 0 aromatic heterocycles. The predicted molar refractivity (Wildman–Crippen MR) is 133 cm³/mol. The topological polar surface area (TPSA) is 86.8 Å². The molecule has 2 aromatic carbocycles. The summed E-state index contributed by atoms with van der Waals surface area (Å²) in [5.41, 5.74) is 2.12. The maximum absolute atomic E-state index is 13.4. The minimum Gasteiger partial charge on any atom is -0.354 e. The zero-order valence-electron chi connectivity index (χ0n) is 19.7. The third-order valence-corrected chi connectivity index (χ3v) is 6.57. The highest BCUT2D eigenvalue weighted by atomic mass is 35.5. The lowest BCUT2D eigenvalue weighted by Crippen LogP contribution is -2.51. The number of para-hydroxylation sites is 1. The van der Waals surface area contributed by atoms with E-state index in [2.05, 4.69) is 5.32 Å². The fourth-order valence-electron chi connectivity index (χ4n) is 3.17. The summed E-state index contributed by atoms with van der Waals surface area (Å²) < 4.78 is 26.0. The Balaban J connectivity index is 2.36. The normalized spacial score (nSPS) is 12.3. The van der Waals surface area contributed by atoms with Crippen LogP contribution in [0.4, 0.5) is 5.69 Å². The molecule has 0 saturated heterocycles. The number of benzene rings is 2. The summed E-state index contributed by atoms with van der Waals surface area (Å²) in [6.07, 6.45) is 1.02. The number of anilines is 1. The average molecular weight is 494 g/mol. The molecule has 0 saturated carbocycles. The highest BCUT2D eigenvalue weighted by molar-refractivity contribution is 7.92. The highest BCUT2D eigenvalue weighted by Crippen LogP contribution is 2.27. The lowest BCUT2D eigenvalue weighted by Gasteiger charge is -2.31. The molecule has 0 aliphatic carbocycles. The van der Waals surface area contributed by atoms with Crippen molar-refractivity contribution in [2.75, 3.05) is 23.7 Å². The van der Waals surface area contributed by atoms with E-state index >= 15 is 0 Å².